The summed E-state index contributed by atoms with van der Waals surface area (Å²) in [5.74, 6) is 1.83. The molecule has 2 aliphatic heterocycles. The Kier molecular flexibility index (Phi) is 13.5. The van der Waals surface area contributed by atoms with E-state index in [9.17, 15) is 10.2 Å². The maximum Gasteiger partial charge on any atom is 0.230 e. The molecular weight excluding hydrogens is 665 g/mol. The third-order valence-corrected chi connectivity index (χ3v) is 12.0. The first-order valence-electron chi connectivity index (χ1n) is 19.0. The molecule has 0 bridgehead atoms. The minimum Gasteiger partial charge on any atom is -0.487 e. The fraction of sp³-hybridized carbons (Fsp3) is 0.610. The van der Waals surface area contributed by atoms with Crippen molar-refractivity contribution in [2.45, 2.75) is 108 Å². The molecule has 3 heterocycles. The summed E-state index contributed by atoms with van der Waals surface area (Å²) in [6, 6.07) is 12.2. The first-order valence-corrected chi connectivity index (χ1v) is 20.1. The molecule has 6 rings (SSSR count). The summed E-state index contributed by atoms with van der Waals surface area (Å²) in [4.78, 5) is 10.8. The summed E-state index contributed by atoms with van der Waals surface area (Å²) in [5, 5.41) is 24.5. The standard InChI is InChI=1S/C41H56N2O7S/c1-4-22-48-41-37(51-5-2)26-35(43-50-38-17-8-11-23-46-38)33-24-29(14-6-9-20-44)32(16-7-10-21-45)39(40(33)41)34-25-31(18-19-36(34)49-41)47-27-30-15-12-13-28(3)42-30/h4,12-13,15,18-19,24-25,29,32,37-40,44-45H,1,5-11,14,16-17,20-23,26-27H2,2-3H3/t29-,32+,37-,38?,39+,40+,41+/m0/s1. The highest BCUT2D eigenvalue weighted by molar-refractivity contribution is 8.00. The first kappa shape index (κ1) is 37.9. The van der Waals surface area contributed by atoms with Gasteiger partial charge >= 0.3 is 0 Å². The molecule has 9 nitrogen and oxygen atoms in total. The first-order chi connectivity index (χ1) is 25.0. The zero-order valence-electron chi connectivity index (χ0n) is 30.3. The average Bonchev–Trinajstić information content (AvgIpc) is 3.15. The lowest BCUT2D eigenvalue weighted by molar-refractivity contribution is -0.223. The Hall–Kier alpha value is -2.89. The van der Waals surface area contributed by atoms with Crippen LogP contribution < -0.4 is 9.47 Å². The van der Waals surface area contributed by atoms with Gasteiger partial charge in [-0.15, -0.1) is 6.58 Å². The van der Waals surface area contributed by atoms with Gasteiger partial charge in [-0.05, 0) is 98.9 Å². The fourth-order valence-electron chi connectivity index (χ4n) is 8.52. The highest BCUT2D eigenvalue weighted by atomic mass is 32.2. The van der Waals surface area contributed by atoms with E-state index in [4.69, 9.17) is 28.9 Å². The van der Waals surface area contributed by atoms with Gasteiger partial charge < -0.3 is 34.0 Å². The molecule has 0 amide bonds. The molecule has 2 N–H and O–H groups in total. The smallest absolute Gasteiger partial charge is 0.230 e. The third kappa shape index (κ3) is 8.68. The van der Waals surface area contributed by atoms with Crippen LogP contribution >= 0.6 is 11.8 Å². The Labute approximate surface area is 307 Å². The Morgan fingerprint density at radius 1 is 1.10 bits per heavy atom. The molecule has 7 atom stereocenters. The van der Waals surface area contributed by atoms with Crippen LogP contribution in [0.4, 0.5) is 0 Å². The van der Waals surface area contributed by atoms with Crippen molar-refractivity contribution >= 4 is 17.5 Å². The van der Waals surface area contributed by atoms with Crippen LogP contribution in [0.15, 0.2) is 65.9 Å². The quantitative estimate of drug-likeness (QED) is 0.0903. The predicted octanol–water partition coefficient (Wildman–Crippen LogP) is 7.88. The van der Waals surface area contributed by atoms with Gasteiger partial charge in [0.25, 0.3) is 0 Å². The molecule has 1 aromatic heterocycles. The van der Waals surface area contributed by atoms with Gasteiger partial charge in [-0.1, -0.05) is 43.1 Å². The van der Waals surface area contributed by atoms with E-state index >= 15 is 0 Å². The molecule has 0 radical (unpaired) electrons. The number of benzene rings is 1. The molecule has 1 unspecified atom stereocenters. The number of ether oxygens (including phenoxy) is 4. The largest absolute Gasteiger partial charge is 0.487 e. The van der Waals surface area contributed by atoms with Crippen LogP contribution in [0.2, 0.25) is 0 Å². The minimum atomic E-state index is -0.960. The zero-order valence-corrected chi connectivity index (χ0v) is 31.2. The van der Waals surface area contributed by atoms with Gasteiger partial charge in [0, 0.05) is 43.2 Å². The summed E-state index contributed by atoms with van der Waals surface area (Å²) < 4.78 is 26.5. The minimum absolute atomic E-state index is 0.0217. The normalized spacial score (nSPS) is 29.0. The van der Waals surface area contributed by atoms with E-state index in [2.05, 4.69) is 30.6 Å². The molecule has 51 heavy (non-hydrogen) atoms. The monoisotopic (exact) mass is 720 g/mol. The van der Waals surface area contributed by atoms with Crippen molar-refractivity contribution in [3.63, 3.8) is 0 Å². The summed E-state index contributed by atoms with van der Waals surface area (Å²) in [6.07, 6.45) is 12.7. The van der Waals surface area contributed by atoms with Crippen molar-refractivity contribution in [1.29, 1.82) is 0 Å². The van der Waals surface area contributed by atoms with Crippen molar-refractivity contribution < 1.29 is 34.0 Å². The Balaban J connectivity index is 1.48. The van der Waals surface area contributed by atoms with E-state index in [-0.39, 0.29) is 48.4 Å². The number of unbranched alkanes of at least 4 members (excludes halogenated alkanes) is 2. The lowest BCUT2D eigenvalue weighted by atomic mass is 9.56. The molecule has 278 valence electrons. The van der Waals surface area contributed by atoms with Gasteiger partial charge in [0.1, 0.15) is 18.1 Å². The summed E-state index contributed by atoms with van der Waals surface area (Å²) >= 11 is 1.84. The Bertz CT molecular complexity index is 1510. The number of aryl methyl sites for hydroxylation is 1. The van der Waals surface area contributed by atoms with Crippen molar-refractivity contribution in [2.75, 3.05) is 32.2 Å². The second-order valence-electron chi connectivity index (χ2n) is 14.2. The van der Waals surface area contributed by atoms with Crippen LogP contribution in [0.1, 0.15) is 94.0 Å². The molecule has 1 saturated heterocycles. The van der Waals surface area contributed by atoms with Gasteiger partial charge in [0.05, 0.1) is 35.8 Å². The average molecular weight is 721 g/mol. The number of aromatic nitrogens is 1. The number of aliphatic hydroxyl groups excluding tert-OH is 2. The van der Waals surface area contributed by atoms with Crippen molar-refractivity contribution in [2.24, 2.45) is 22.9 Å². The van der Waals surface area contributed by atoms with E-state index in [0.717, 1.165) is 103 Å². The number of nitrogens with zero attached hydrogens (tertiary/aromatic N) is 2. The molecular formula is C41H56N2O7S. The van der Waals surface area contributed by atoms with Crippen LogP contribution in [0.3, 0.4) is 0 Å². The zero-order chi connectivity index (χ0) is 35.6. The van der Waals surface area contributed by atoms with E-state index in [0.29, 0.717) is 26.2 Å². The number of fused-ring (bicyclic) bond motifs is 2. The molecule has 4 aliphatic rings. The van der Waals surface area contributed by atoms with E-state index in [1.165, 1.54) is 0 Å². The second-order valence-corrected chi connectivity index (χ2v) is 15.6. The van der Waals surface area contributed by atoms with E-state index in [1.807, 2.05) is 55.1 Å². The molecule has 1 aromatic carbocycles. The highest BCUT2D eigenvalue weighted by Crippen LogP contribution is 2.62. The number of allylic oxidation sites excluding steroid dienone is 1. The topological polar surface area (TPSA) is 112 Å². The molecule has 2 aromatic rings. The molecule has 10 heteroatoms. The van der Waals surface area contributed by atoms with Crippen LogP contribution in [-0.2, 0) is 20.9 Å². The summed E-state index contributed by atoms with van der Waals surface area (Å²) in [7, 11) is 0. The number of pyridine rings is 1. The number of aliphatic hydroxyl groups is 2. The Morgan fingerprint density at radius 2 is 1.94 bits per heavy atom. The molecule has 0 spiro atoms. The number of rotatable bonds is 18. The number of hydrogen-bond donors (Lipinski definition) is 2. The maximum atomic E-state index is 9.84. The van der Waals surface area contributed by atoms with Gasteiger partial charge in [-0.2, -0.15) is 11.8 Å². The van der Waals surface area contributed by atoms with Gasteiger partial charge in [0.15, 0.2) is 0 Å². The van der Waals surface area contributed by atoms with Gasteiger partial charge in [-0.3, -0.25) is 4.98 Å². The van der Waals surface area contributed by atoms with Gasteiger partial charge in [-0.25, -0.2) is 0 Å². The molecule has 1 saturated carbocycles. The lowest BCUT2D eigenvalue weighted by Gasteiger charge is -2.58. The highest BCUT2D eigenvalue weighted by Gasteiger charge is 2.63. The molecule has 2 aliphatic carbocycles. The third-order valence-electron chi connectivity index (χ3n) is 10.7. The fourth-order valence-corrected chi connectivity index (χ4v) is 9.69. The van der Waals surface area contributed by atoms with Crippen molar-refractivity contribution in [3.05, 3.63) is 77.7 Å². The number of hydrogen-bond acceptors (Lipinski definition) is 10. The van der Waals surface area contributed by atoms with Crippen molar-refractivity contribution in [3.8, 4) is 11.5 Å². The Morgan fingerprint density at radius 3 is 2.69 bits per heavy atom. The van der Waals surface area contributed by atoms with E-state index < -0.39 is 5.79 Å². The molecule has 2 fully saturated rings. The number of thioether (sulfide) groups is 1. The van der Waals surface area contributed by atoms with E-state index in [1.54, 1.807) is 0 Å². The summed E-state index contributed by atoms with van der Waals surface area (Å²) in [5.41, 5.74) is 5.01. The summed E-state index contributed by atoms with van der Waals surface area (Å²) in [6.45, 7) is 9.93. The van der Waals surface area contributed by atoms with Crippen LogP contribution in [0.25, 0.3) is 0 Å². The van der Waals surface area contributed by atoms with Crippen molar-refractivity contribution in [1.82, 2.24) is 4.98 Å². The number of oxime groups is 1. The lowest BCUT2D eigenvalue weighted by Crippen LogP contribution is -2.64. The SMILES string of the molecule is C=CCO[C@@]12Oc3ccc(OCc4cccc(C)n4)cc3[C@H]3[C@H](CCCCO)[C@@H](CCCCO)C=C(C(=NOC4CCCCO4)C[C@@H]1SCC)[C@H]32. The van der Waals surface area contributed by atoms with Crippen LogP contribution in [0, 0.1) is 24.7 Å². The van der Waals surface area contributed by atoms with Gasteiger partial charge in [0.2, 0.25) is 12.1 Å². The van der Waals surface area contributed by atoms with Crippen LogP contribution in [0.5, 0.6) is 11.5 Å². The van der Waals surface area contributed by atoms with Crippen LogP contribution in [-0.4, -0.2) is 70.4 Å². The maximum absolute atomic E-state index is 9.84. The predicted molar refractivity (Wildman–Crippen MR) is 201 cm³/mol. The second kappa shape index (κ2) is 18.2.